The van der Waals surface area contributed by atoms with Crippen LogP contribution in [0, 0.1) is 47.3 Å². The van der Waals surface area contributed by atoms with Crippen LogP contribution < -0.4 is 41.5 Å². The summed E-state index contributed by atoms with van der Waals surface area (Å²) in [7, 11) is -3.84. The van der Waals surface area contributed by atoms with Crippen molar-refractivity contribution in [1.29, 1.82) is 0 Å². The third-order valence-corrected chi connectivity index (χ3v) is 32.2. The van der Waals surface area contributed by atoms with Crippen molar-refractivity contribution in [1.82, 2.24) is 31.9 Å². The molecule has 97 heavy (non-hydrogen) atoms. The molecule has 9 fully saturated rings. The van der Waals surface area contributed by atoms with E-state index in [1.54, 1.807) is 0 Å². The standard InChI is InChI=1S/C64H118N8O8.2C6H15OSi.Ge/c1-9-17-33-73-41-25-26-42(74-34-18-10-2)50-49(41)57-65-58(50)70-60-53-45(77-37-21-13-5)29-30-46(78-38-22-14-6)54(53)62(67-60)72-64-56-48(80-40-24-16-8)32-31-47(79-39-23-15-7)55(56)63(68-64)71-61-52-44(76-36-20-12-4)28-27-43(75-35-19-11-3)51(52)59(66-61)69-57;2*1-4-8(7,5-2)6-3;/h41-66,69-72H,9-40H2,1-8H3;2*4-6H2,1-3H3;/q-2;2*-1;+4. The van der Waals surface area contributed by atoms with Gasteiger partial charge in [-0.3, -0.25) is 16.0 Å². The maximum absolute atomic E-state index is 11.3. The van der Waals surface area contributed by atoms with Crippen molar-refractivity contribution in [3.63, 3.8) is 0 Å². The van der Waals surface area contributed by atoms with E-state index in [0.717, 1.165) is 243 Å². The molecule has 0 radical (unpaired) electrons. The van der Waals surface area contributed by atoms with Crippen LogP contribution >= 0.6 is 0 Å². The molecule has 564 valence electrons. The summed E-state index contributed by atoms with van der Waals surface area (Å²) in [5, 5.41) is 38.5. The van der Waals surface area contributed by atoms with Gasteiger partial charge in [0.25, 0.3) is 0 Å². The Balaban J connectivity index is 0.000000777. The molecule has 9 aliphatic rings. The van der Waals surface area contributed by atoms with Gasteiger partial charge in [0.15, 0.2) is 0 Å². The molecule has 0 aromatic carbocycles. The maximum Gasteiger partial charge on any atom is 4.00 e. The van der Waals surface area contributed by atoms with E-state index in [0.29, 0.717) is 0 Å². The summed E-state index contributed by atoms with van der Waals surface area (Å²) >= 11 is 0. The zero-order valence-electron chi connectivity index (χ0n) is 64.2. The first-order valence-corrected chi connectivity index (χ1v) is 46.1. The fourth-order valence-corrected chi connectivity index (χ4v) is 20.9. The molecule has 9 rings (SSSR count). The molecule has 0 aromatic heterocycles. The van der Waals surface area contributed by atoms with Crippen LogP contribution in [0.1, 0.15) is 251 Å². The summed E-state index contributed by atoms with van der Waals surface area (Å²) in [6.45, 7) is 36.4. The molecule has 18 nitrogen and oxygen atoms in total. The van der Waals surface area contributed by atoms with E-state index in [1.807, 2.05) is 41.5 Å². The maximum atomic E-state index is 11.3. The van der Waals surface area contributed by atoms with Crippen LogP contribution in [0.2, 0.25) is 36.3 Å². The Labute approximate surface area is 606 Å². The second kappa shape index (κ2) is 45.7. The summed E-state index contributed by atoms with van der Waals surface area (Å²) in [4.78, 5) is 22.7. The molecular weight excluding hydrogens is 1310 g/mol. The van der Waals surface area contributed by atoms with Crippen LogP contribution in [0.3, 0.4) is 0 Å². The first-order valence-electron chi connectivity index (χ1n) is 41.1. The van der Waals surface area contributed by atoms with Crippen LogP contribution in [0.5, 0.6) is 0 Å². The van der Waals surface area contributed by atoms with Crippen molar-refractivity contribution in [2.24, 2.45) is 47.3 Å². The quantitative estimate of drug-likeness (QED) is 0.0250. The normalized spacial score (nSPS) is 36.9. The van der Waals surface area contributed by atoms with Crippen LogP contribution in [0.4, 0.5) is 0 Å². The molecule has 4 aliphatic carbocycles. The van der Waals surface area contributed by atoms with Gasteiger partial charge in [-0.25, -0.2) is 0 Å². The van der Waals surface area contributed by atoms with Gasteiger partial charge in [-0.1, -0.05) is 209 Å². The van der Waals surface area contributed by atoms with E-state index >= 15 is 0 Å². The molecule has 24 unspecified atom stereocenters. The van der Waals surface area contributed by atoms with E-state index < -0.39 is 16.6 Å². The van der Waals surface area contributed by atoms with Crippen molar-refractivity contribution >= 4 is 34.2 Å². The predicted octanol–water partition coefficient (Wildman–Crippen LogP) is 12.9. The molecule has 4 saturated carbocycles. The summed E-state index contributed by atoms with van der Waals surface area (Å²) in [6, 6.07) is 5.42. The van der Waals surface area contributed by atoms with Gasteiger partial charge >= 0.3 is 17.6 Å². The first-order chi connectivity index (χ1) is 46.8. The van der Waals surface area contributed by atoms with E-state index in [-0.39, 0.29) is 163 Å². The minimum atomic E-state index is -1.92. The van der Waals surface area contributed by atoms with Gasteiger partial charge in [-0.15, -0.1) is 0 Å². The van der Waals surface area contributed by atoms with Crippen molar-refractivity contribution in [3.8, 4) is 0 Å². The summed E-state index contributed by atoms with van der Waals surface area (Å²) in [5.41, 5.74) is 0. The first kappa shape index (κ1) is 86.2. The molecule has 8 bridgehead atoms. The van der Waals surface area contributed by atoms with Gasteiger partial charge in [-0.05, 0) is 143 Å². The number of nitrogens with one attached hydrogen (secondary N) is 6. The number of unbranched alkanes of at least 4 members (excludes halogenated alkanes) is 8. The largest absolute Gasteiger partial charge is 4.00 e. The van der Waals surface area contributed by atoms with Gasteiger partial charge in [0.2, 0.25) is 0 Å². The second-order valence-corrected chi connectivity index (χ2v) is 39.5. The average Bonchev–Trinajstić information content (AvgIpc) is 1.59. The van der Waals surface area contributed by atoms with Crippen molar-refractivity contribution in [2.45, 2.75) is 385 Å². The molecular formula is C76H148GeN8O10Si2. The van der Waals surface area contributed by atoms with Crippen molar-refractivity contribution in [2.75, 3.05) is 52.9 Å². The summed E-state index contributed by atoms with van der Waals surface area (Å²) in [6.07, 6.45) is 24.3. The topological polar surface area (TPSA) is 220 Å². The number of nitrogens with zero attached hydrogens (tertiary/aromatic N) is 2. The van der Waals surface area contributed by atoms with Crippen LogP contribution in [0.15, 0.2) is 0 Å². The Morgan fingerprint density at radius 3 is 0.588 bits per heavy atom. The molecule has 0 aromatic rings. The zero-order valence-corrected chi connectivity index (χ0v) is 68.3. The fraction of sp³-hybridized carbons (Fsp3) is 1.00. The Hall–Kier alpha value is 0.257. The van der Waals surface area contributed by atoms with E-state index in [1.165, 1.54) is 0 Å². The van der Waals surface area contributed by atoms with E-state index in [4.69, 9.17) is 48.5 Å². The minimum Gasteiger partial charge on any atom is -0.858 e. The smallest absolute Gasteiger partial charge is 0.858 e. The van der Waals surface area contributed by atoms with Gasteiger partial charge in [0.05, 0.1) is 73.5 Å². The van der Waals surface area contributed by atoms with Crippen molar-refractivity contribution in [3.05, 3.63) is 10.6 Å². The van der Waals surface area contributed by atoms with E-state index in [2.05, 4.69) is 87.3 Å². The number of fused-ring (bicyclic) bond motifs is 20. The summed E-state index contributed by atoms with van der Waals surface area (Å²) in [5.74, 6) is 0.935. The molecule has 6 N–H and O–H groups in total. The van der Waals surface area contributed by atoms with Crippen LogP contribution in [-0.2, 0) is 37.9 Å². The summed E-state index contributed by atoms with van der Waals surface area (Å²) < 4.78 is 57.0. The second-order valence-electron chi connectivity index (χ2n) is 30.5. The molecule has 5 saturated heterocycles. The number of ether oxygens (including phenoxy) is 8. The minimum absolute atomic E-state index is 0. The molecule has 24 atom stereocenters. The van der Waals surface area contributed by atoms with Gasteiger partial charge in [-0.2, -0.15) is 0 Å². The zero-order chi connectivity index (χ0) is 69.0. The molecule has 5 heterocycles. The van der Waals surface area contributed by atoms with Gasteiger partial charge in [0.1, 0.15) is 0 Å². The Morgan fingerprint density at radius 2 is 0.423 bits per heavy atom. The van der Waals surface area contributed by atoms with E-state index in [9.17, 15) is 9.59 Å². The third-order valence-electron chi connectivity index (χ3n) is 24.4. The van der Waals surface area contributed by atoms with Gasteiger partial charge < -0.3 is 74.1 Å². The predicted molar refractivity (Wildman–Crippen MR) is 398 cm³/mol. The Kier molecular flexibility index (Phi) is 40.6. The van der Waals surface area contributed by atoms with Crippen molar-refractivity contribution < 1.29 is 47.5 Å². The molecule has 0 spiro atoms. The third kappa shape index (κ3) is 23.6. The molecule has 21 heteroatoms. The van der Waals surface area contributed by atoms with Crippen LogP contribution in [-0.4, -0.2) is 185 Å². The van der Waals surface area contributed by atoms with Gasteiger partial charge in [0, 0.05) is 76.5 Å². The SMILES string of the molecule is CCCCOC1CCC(OCCCC)C2C3[N-]C(NC4[N-]C(NC5NC(NC6NC(N3)C3C(OCCCC)CCC(OCCCC)C63)C3C(OCCCC)CCC(OCCCC)C53)C3C(OCCCC)CCC(OCCCC)C43)C12.CC[Si]([O-])(CC)CC.CC[Si]([O-])(CC)CC.[Ge+4]. The number of hydrogen-bond donors (Lipinski definition) is 6. The molecule has 5 aliphatic heterocycles. The van der Waals surface area contributed by atoms with Crippen LogP contribution in [0.25, 0.3) is 10.6 Å². The monoisotopic (exact) mass is 1460 g/mol. The Bertz CT molecular complexity index is 1670. The average molecular weight is 1460 g/mol. The fourth-order valence-electron chi connectivity index (χ4n) is 17.9. The Morgan fingerprint density at radius 1 is 0.258 bits per heavy atom. The number of rotatable bonds is 38. The number of hydrogen-bond acceptors (Lipinski definition) is 16. The molecule has 0 amide bonds.